The van der Waals surface area contributed by atoms with Gasteiger partial charge in [-0.1, -0.05) is 35.4 Å². The lowest BCUT2D eigenvalue weighted by molar-refractivity contribution is -0.197. The predicted molar refractivity (Wildman–Crippen MR) is 78.8 cm³/mol. The summed E-state index contributed by atoms with van der Waals surface area (Å²) >= 11 is 0. The largest absolute Gasteiger partial charge is 0.378 e. The minimum absolute atomic E-state index is 0.126. The quantitative estimate of drug-likeness (QED) is 0.475. The van der Waals surface area contributed by atoms with Crippen LogP contribution in [0.2, 0.25) is 0 Å². The molecule has 1 unspecified atom stereocenters. The van der Waals surface area contributed by atoms with E-state index in [0.717, 1.165) is 5.56 Å². The molecule has 1 aromatic carbocycles. The van der Waals surface area contributed by atoms with Gasteiger partial charge >= 0.3 is 0 Å². The predicted octanol–water partition coefficient (Wildman–Crippen LogP) is 3.07. The molecule has 1 aliphatic heterocycles. The van der Waals surface area contributed by atoms with E-state index in [1.165, 1.54) is 0 Å². The van der Waals surface area contributed by atoms with Gasteiger partial charge in [-0.2, -0.15) is 0 Å². The Morgan fingerprint density at radius 1 is 1.19 bits per heavy atom. The highest BCUT2D eigenvalue weighted by Crippen LogP contribution is 2.28. The van der Waals surface area contributed by atoms with Crippen LogP contribution in [0.3, 0.4) is 0 Å². The Morgan fingerprint density at radius 2 is 1.90 bits per heavy atom. The van der Waals surface area contributed by atoms with Crippen molar-refractivity contribution in [2.75, 3.05) is 7.11 Å². The van der Waals surface area contributed by atoms with Gasteiger partial charge in [-0.3, -0.25) is 0 Å². The molecule has 5 atom stereocenters. The van der Waals surface area contributed by atoms with Crippen LogP contribution in [-0.4, -0.2) is 37.6 Å². The number of ether oxygens (including phenoxy) is 3. The van der Waals surface area contributed by atoms with Gasteiger partial charge in [0.2, 0.25) is 0 Å². The highest BCUT2D eigenvalue weighted by molar-refractivity contribution is 5.13. The smallest absolute Gasteiger partial charge is 0.110 e. The zero-order valence-electron chi connectivity index (χ0n) is 12.5. The summed E-state index contributed by atoms with van der Waals surface area (Å²) in [7, 11) is 1.61. The normalized spacial score (nSPS) is 32.4. The zero-order chi connectivity index (χ0) is 15.2. The van der Waals surface area contributed by atoms with Crippen LogP contribution in [0.5, 0.6) is 0 Å². The fourth-order valence-electron chi connectivity index (χ4n) is 2.71. The Bertz CT molecular complexity index is 490. The zero-order valence-corrected chi connectivity index (χ0v) is 12.5. The van der Waals surface area contributed by atoms with Gasteiger partial charge in [0.05, 0.1) is 31.0 Å². The first-order valence-corrected chi connectivity index (χ1v) is 7.05. The van der Waals surface area contributed by atoms with E-state index in [4.69, 9.17) is 19.7 Å². The minimum atomic E-state index is -0.392. The maximum atomic E-state index is 8.72. The second-order valence-electron chi connectivity index (χ2n) is 5.20. The Labute approximate surface area is 124 Å². The Hall–Kier alpha value is -1.59. The molecule has 0 amide bonds. The molecule has 1 heterocycles. The van der Waals surface area contributed by atoms with Gasteiger partial charge in [-0.05, 0) is 24.9 Å². The number of rotatable bonds is 5. The Kier molecular flexibility index (Phi) is 5.59. The number of hydrogen-bond donors (Lipinski definition) is 0. The minimum Gasteiger partial charge on any atom is -0.378 e. The van der Waals surface area contributed by atoms with Crippen LogP contribution in [0.1, 0.15) is 19.4 Å². The molecular weight excluding hydrogens is 270 g/mol. The van der Waals surface area contributed by atoms with Crippen molar-refractivity contribution in [2.24, 2.45) is 5.11 Å². The van der Waals surface area contributed by atoms with Gasteiger partial charge in [-0.25, -0.2) is 0 Å². The molecule has 0 aliphatic carbocycles. The maximum absolute atomic E-state index is 8.72. The van der Waals surface area contributed by atoms with Crippen molar-refractivity contribution in [3.8, 4) is 0 Å². The SMILES string of the molecule is CO[C@@H]1[C@@H](OCc2ccccc2)[C@H](C)OC(C)[C@H]1N=[N+]=[N-]. The Balaban J connectivity index is 2.09. The molecule has 6 nitrogen and oxygen atoms in total. The third-order valence-electron chi connectivity index (χ3n) is 3.78. The summed E-state index contributed by atoms with van der Waals surface area (Å²) in [5, 5.41) is 3.81. The number of hydrogen-bond acceptors (Lipinski definition) is 4. The van der Waals surface area contributed by atoms with Crippen LogP contribution in [0, 0.1) is 0 Å². The van der Waals surface area contributed by atoms with E-state index in [-0.39, 0.29) is 24.4 Å². The lowest BCUT2D eigenvalue weighted by atomic mass is 9.94. The van der Waals surface area contributed by atoms with Gasteiger partial charge in [-0.15, -0.1) is 0 Å². The van der Waals surface area contributed by atoms with Crippen molar-refractivity contribution in [1.82, 2.24) is 0 Å². The lowest BCUT2D eigenvalue weighted by Gasteiger charge is -2.42. The molecule has 6 heteroatoms. The molecule has 1 fully saturated rings. The van der Waals surface area contributed by atoms with Crippen LogP contribution < -0.4 is 0 Å². The summed E-state index contributed by atoms with van der Waals surface area (Å²) in [4.78, 5) is 2.90. The summed E-state index contributed by atoms with van der Waals surface area (Å²) in [6, 6.07) is 9.52. The third kappa shape index (κ3) is 3.74. The van der Waals surface area contributed by atoms with Crippen LogP contribution in [0.4, 0.5) is 0 Å². The van der Waals surface area contributed by atoms with E-state index < -0.39 is 6.04 Å². The first-order valence-electron chi connectivity index (χ1n) is 7.05. The van der Waals surface area contributed by atoms with Crippen molar-refractivity contribution < 1.29 is 14.2 Å². The van der Waals surface area contributed by atoms with Crippen molar-refractivity contribution >= 4 is 0 Å². The van der Waals surface area contributed by atoms with Crippen molar-refractivity contribution in [3.05, 3.63) is 46.3 Å². The average Bonchev–Trinajstić information content (AvgIpc) is 2.49. The molecule has 114 valence electrons. The van der Waals surface area contributed by atoms with E-state index in [1.54, 1.807) is 7.11 Å². The Morgan fingerprint density at radius 3 is 2.52 bits per heavy atom. The first kappa shape index (κ1) is 15.8. The van der Waals surface area contributed by atoms with Gasteiger partial charge in [0.15, 0.2) is 0 Å². The molecule has 0 saturated carbocycles. The standard InChI is InChI=1S/C15H21N3O3/c1-10-13(17-18-16)15(19-3)14(11(2)21-10)20-9-12-7-5-4-6-8-12/h4-8,10-11,13-15H,9H2,1-3H3/t10?,11-,13+,14-,15-/m0/s1. The number of nitrogens with zero attached hydrogens (tertiary/aromatic N) is 3. The van der Waals surface area contributed by atoms with Crippen LogP contribution >= 0.6 is 0 Å². The lowest BCUT2D eigenvalue weighted by Crippen LogP contribution is -2.56. The summed E-state index contributed by atoms with van der Waals surface area (Å²) in [5.41, 5.74) is 9.80. The van der Waals surface area contributed by atoms with Gasteiger partial charge in [0.25, 0.3) is 0 Å². The molecule has 0 aromatic heterocycles. The third-order valence-corrected chi connectivity index (χ3v) is 3.78. The highest BCUT2D eigenvalue weighted by atomic mass is 16.6. The average molecular weight is 291 g/mol. The molecule has 0 spiro atoms. The molecule has 0 radical (unpaired) electrons. The monoisotopic (exact) mass is 291 g/mol. The number of benzene rings is 1. The van der Waals surface area contributed by atoms with Crippen molar-refractivity contribution in [2.45, 2.75) is 50.9 Å². The molecule has 1 aromatic rings. The van der Waals surface area contributed by atoms with Crippen LogP contribution in [0.25, 0.3) is 10.4 Å². The molecule has 1 saturated heterocycles. The maximum Gasteiger partial charge on any atom is 0.110 e. The highest BCUT2D eigenvalue weighted by Gasteiger charge is 2.43. The van der Waals surface area contributed by atoms with Crippen LogP contribution in [-0.2, 0) is 20.8 Å². The summed E-state index contributed by atoms with van der Waals surface area (Å²) in [6.07, 6.45) is -0.915. The molecular formula is C15H21N3O3. The second-order valence-corrected chi connectivity index (χ2v) is 5.20. The van der Waals surface area contributed by atoms with Gasteiger partial charge in [0, 0.05) is 12.0 Å². The summed E-state index contributed by atoms with van der Waals surface area (Å²) in [6.45, 7) is 4.30. The van der Waals surface area contributed by atoms with E-state index in [1.807, 2.05) is 44.2 Å². The fraction of sp³-hybridized carbons (Fsp3) is 0.600. The fourth-order valence-corrected chi connectivity index (χ4v) is 2.71. The molecule has 21 heavy (non-hydrogen) atoms. The molecule has 2 rings (SSSR count). The summed E-state index contributed by atoms with van der Waals surface area (Å²) < 4.78 is 17.3. The van der Waals surface area contributed by atoms with Gasteiger partial charge < -0.3 is 14.2 Å². The van der Waals surface area contributed by atoms with Gasteiger partial charge in [0.1, 0.15) is 6.10 Å². The first-order chi connectivity index (χ1) is 10.2. The molecule has 0 N–H and O–H groups in total. The van der Waals surface area contributed by atoms with Crippen molar-refractivity contribution in [1.29, 1.82) is 0 Å². The number of azide groups is 1. The number of methoxy groups -OCH3 is 1. The molecule has 0 bridgehead atoms. The topological polar surface area (TPSA) is 76.5 Å². The van der Waals surface area contributed by atoms with E-state index in [0.29, 0.717) is 6.61 Å². The summed E-state index contributed by atoms with van der Waals surface area (Å²) in [5.74, 6) is 0. The molecule has 1 aliphatic rings. The van der Waals surface area contributed by atoms with E-state index in [2.05, 4.69) is 10.0 Å². The van der Waals surface area contributed by atoms with Crippen LogP contribution in [0.15, 0.2) is 35.4 Å². The van der Waals surface area contributed by atoms with E-state index in [9.17, 15) is 0 Å². The van der Waals surface area contributed by atoms with E-state index >= 15 is 0 Å². The second kappa shape index (κ2) is 7.43. The van der Waals surface area contributed by atoms with Crippen molar-refractivity contribution in [3.63, 3.8) is 0 Å².